The maximum Gasteiger partial charge on any atom is 0.313 e. The number of aliphatic carboxylic acids is 1. The van der Waals surface area contributed by atoms with Crippen LogP contribution in [0, 0.1) is 20.8 Å². The molecule has 0 fully saturated rings. The SMILES string of the molecule is Cc1cc(C)c(Nc2nnc(SCC(=O)O)s2)c(C)c1. The van der Waals surface area contributed by atoms with E-state index >= 15 is 0 Å². The predicted octanol–water partition coefficient (Wildman–Crippen LogP) is 3.38. The number of nitrogens with zero attached hydrogens (tertiary/aromatic N) is 2. The number of carboxylic acids is 1. The Morgan fingerprint density at radius 1 is 1.30 bits per heavy atom. The minimum atomic E-state index is -0.857. The van der Waals surface area contributed by atoms with Gasteiger partial charge in [0.1, 0.15) is 0 Å². The molecule has 0 atom stereocenters. The molecule has 1 aromatic heterocycles. The molecule has 1 aromatic carbocycles. The van der Waals surface area contributed by atoms with Crippen LogP contribution in [0.4, 0.5) is 10.8 Å². The van der Waals surface area contributed by atoms with E-state index in [-0.39, 0.29) is 5.75 Å². The summed E-state index contributed by atoms with van der Waals surface area (Å²) in [6.07, 6.45) is 0. The Bertz CT molecular complexity index is 617. The first-order valence-electron chi connectivity index (χ1n) is 5.98. The molecule has 2 N–H and O–H groups in total. The lowest BCUT2D eigenvalue weighted by Crippen LogP contribution is -1.96. The van der Waals surface area contributed by atoms with E-state index in [1.54, 1.807) is 0 Å². The summed E-state index contributed by atoms with van der Waals surface area (Å²) in [4.78, 5) is 10.5. The number of hydrogen-bond donors (Lipinski definition) is 2. The fourth-order valence-electron chi connectivity index (χ4n) is 1.93. The number of nitrogens with one attached hydrogen (secondary N) is 1. The largest absolute Gasteiger partial charge is 0.481 e. The number of carboxylic acid groups (broad SMARTS) is 1. The lowest BCUT2D eigenvalue weighted by atomic mass is 10.1. The monoisotopic (exact) mass is 309 g/mol. The molecule has 1 heterocycles. The maximum atomic E-state index is 10.5. The van der Waals surface area contributed by atoms with E-state index in [0.717, 1.165) is 16.8 Å². The summed E-state index contributed by atoms with van der Waals surface area (Å²) < 4.78 is 0.650. The molecule has 0 saturated heterocycles. The van der Waals surface area contributed by atoms with Crippen molar-refractivity contribution in [3.63, 3.8) is 0 Å². The van der Waals surface area contributed by atoms with Gasteiger partial charge >= 0.3 is 5.97 Å². The van der Waals surface area contributed by atoms with Gasteiger partial charge in [0.2, 0.25) is 5.13 Å². The van der Waals surface area contributed by atoms with Crippen LogP contribution in [0.3, 0.4) is 0 Å². The van der Waals surface area contributed by atoms with E-state index in [1.165, 1.54) is 28.7 Å². The summed E-state index contributed by atoms with van der Waals surface area (Å²) in [5.74, 6) is -0.859. The Morgan fingerprint density at radius 2 is 1.95 bits per heavy atom. The summed E-state index contributed by atoms with van der Waals surface area (Å²) in [6.45, 7) is 6.16. The van der Waals surface area contributed by atoms with E-state index < -0.39 is 5.97 Å². The molecule has 2 aromatic rings. The van der Waals surface area contributed by atoms with E-state index in [9.17, 15) is 4.79 Å². The third-order valence-corrected chi connectivity index (χ3v) is 4.59. The van der Waals surface area contributed by atoms with E-state index in [4.69, 9.17) is 5.11 Å². The van der Waals surface area contributed by atoms with Crippen molar-refractivity contribution < 1.29 is 9.90 Å². The van der Waals surface area contributed by atoms with Crippen LogP contribution < -0.4 is 5.32 Å². The lowest BCUT2D eigenvalue weighted by molar-refractivity contribution is -0.133. The molecule has 0 aliphatic rings. The third-order valence-electron chi connectivity index (χ3n) is 2.63. The molecule has 0 bridgehead atoms. The van der Waals surface area contributed by atoms with Crippen LogP contribution in [0.15, 0.2) is 16.5 Å². The Kier molecular flexibility index (Phi) is 4.61. The molecule has 0 radical (unpaired) electrons. The zero-order valence-electron chi connectivity index (χ0n) is 11.4. The number of aryl methyl sites for hydroxylation is 3. The van der Waals surface area contributed by atoms with Crippen LogP contribution >= 0.6 is 23.1 Å². The van der Waals surface area contributed by atoms with Gasteiger partial charge in [0.25, 0.3) is 0 Å². The van der Waals surface area contributed by atoms with Gasteiger partial charge in [0, 0.05) is 5.69 Å². The average Bonchev–Trinajstić information content (AvgIpc) is 2.79. The molecule has 0 aliphatic carbocycles. The molecule has 20 heavy (non-hydrogen) atoms. The highest BCUT2D eigenvalue weighted by molar-refractivity contribution is 8.01. The smallest absolute Gasteiger partial charge is 0.313 e. The Balaban J connectivity index is 2.13. The average molecular weight is 309 g/mol. The fourth-order valence-corrected chi connectivity index (χ4v) is 3.40. The summed E-state index contributed by atoms with van der Waals surface area (Å²) in [7, 11) is 0. The Morgan fingerprint density at radius 3 is 2.55 bits per heavy atom. The number of hydrogen-bond acceptors (Lipinski definition) is 6. The summed E-state index contributed by atoms with van der Waals surface area (Å²) in [5.41, 5.74) is 4.55. The zero-order valence-corrected chi connectivity index (χ0v) is 13.1. The summed E-state index contributed by atoms with van der Waals surface area (Å²) in [5, 5.41) is 20.6. The molecular formula is C13H15N3O2S2. The second-order valence-electron chi connectivity index (χ2n) is 4.45. The standard InChI is InChI=1S/C13H15N3O2S2/c1-7-4-8(2)11(9(3)5-7)14-12-15-16-13(20-12)19-6-10(17)18/h4-5H,6H2,1-3H3,(H,14,15)(H,17,18). The van der Waals surface area contributed by atoms with Gasteiger partial charge in [-0.25, -0.2) is 0 Å². The highest BCUT2D eigenvalue weighted by Crippen LogP contribution is 2.30. The van der Waals surface area contributed by atoms with Crippen molar-refractivity contribution >= 4 is 39.9 Å². The van der Waals surface area contributed by atoms with Crippen molar-refractivity contribution in [2.75, 3.05) is 11.1 Å². The van der Waals surface area contributed by atoms with Gasteiger partial charge in [-0.3, -0.25) is 4.79 Å². The highest BCUT2D eigenvalue weighted by atomic mass is 32.2. The van der Waals surface area contributed by atoms with Gasteiger partial charge in [-0.2, -0.15) is 0 Å². The highest BCUT2D eigenvalue weighted by Gasteiger charge is 2.10. The molecule has 5 nitrogen and oxygen atoms in total. The predicted molar refractivity (Wildman–Crippen MR) is 82.2 cm³/mol. The van der Waals surface area contributed by atoms with Crippen molar-refractivity contribution in [3.8, 4) is 0 Å². The van der Waals surface area contributed by atoms with Crippen LogP contribution in [0.2, 0.25) is 0 Å². The summed E-state index contributed by atoms with van der Waals surface area (Å²) in [6, 6.07) is 4.22. The molecule has 0 spiro atoms. The molecular weight excluding hydrogens is 294 g/mol. The molecule has 7 heteroatoms. The number of rotatable bonds is 5. The molecule has 0 unspecified atom stereocenters. The van der Waals surface area contributed by atoms with Crippen molar-refractivity contribution in [1.82, 2.24) is 10.2 Å². The third kappa shape index (κ3) is 3.71. The van der Waals surface area contributed by atoms with Crippen LogP contribution in [0.5, 0.6) is 0 Å². The number of thioether (sulfide) groups is 1. The van der Waals surface area contributed by atoms with E-state index in [2.05, 4.69) is 34.6 Å². The normalized spacial score (nSPS) is 10.6. The Hall–Kier alpha value is -1.60. The quantitative estimate of drug-likeness (QED) is 0.825. The molecule has 0 aliphatic heterocycles. The van der Waals surface area contributed by atoms with Gasteiger partial charge in [-0.05, 0) is 31.9 Å². The van der Waals surface area contributed by atoms with Gasteiger partial charge in [0.15, 0.2) is 4.34 Å². The number of benzene rings is 1. The number of aromatic nitrogens is 2. The van der Waals surface area contributed by atoms with Crippen molar-refractivity contribution in [3.05, 3.63) is 28.8 Å². The van der Waals surface area contributed by atoms with Crippen molar-refractivity contribution in [2.24, 2.45) is 0 Å². The fraction of sp³-hybridized carbons (Fsp3) is 0.308. The van der Waals surface area contributed by atoms with Crippen LogP contribution in [-0.4, -0.2) is 27.0 Å². The minimum absolute atomic E-state index is 0.00276. The zero-order chi connectivity index (χ0) is 14.7. The topological polar surface area (TPSA) is 75.1 Å². The second-order valence-corrected chi connectivity index (χ2v) is 6.65. The first-order valence-corrected chi connectivity index (χ1v) is 7.79. The lowest BCUT2D eigenvalue weighted by Gasteiger charge is -2.11. The Labute approximate surface area is 125 Å². The van der Waals surface area contributed by atoms with Crippen LogP contribution in [-0.2, 0) is 4.79 Å². The van der Waals surface area contributed by atoms with Crippen LogP contribution in [0.1, 0.15) is 16.7 Å². The van der Waals surface area contributed by atoms with Crippen molar-refractivity contribution in [2.45, 2.75) is 25.1 Å². The van der Waals surface area contributed by atoms with Gasteiger partial charge in [-0.1, -0.05) is 40.8 Å². The molecule has 106 valence electrons. The number of anilines is 2. The molecule has 0 amide bonds. The maximum absolute atomic E-state index is 10.5. The van der Waals surface area contributed by atoms with Gasteiger partial charge in [0.05, 0.1) is 5.75 Å². The summed E-state index contributed by atoms with van der Waals surface area (Å²) >= 11 is 2.53. The molecule has 2 rings (SSSR count). The number of carbonyl (C=O) groups is 1. The van der Waals surface area contributed by atoms with Crippen LogP contribution in [0.25, 0.3) is 0 Å². The second kappa shape index (κ2) is 6.23. The van der Waals surface area contributed by atoms with E-state index in [0.29, 0.717) is 9.47 Å². The van der Waals surface area contributed by atoms with Gasteiger partial charge < -0.3 is 10.4 Å². The van der Waals surface area contributed by atoms with Crippen molar-refractivity contribution in [1.29, 1.82) is 0 Å². The minimum Gasteiger partial charge on any atom is -0.481 e. The van der Waals surface area contributed by atoms with E-state index in [1.807, 2.05) is 13.8 Å². The van der Waals surface area contributed by atoms with Gasteiger partial charge in [-0.15, -0.1) is 10.2 Å². The first-order chi connectivity index (χ1) is 9.45. The molecule has 0 saturated carbocycles. The first kappa shape index (κ1) is 14.8.